The molecule has 0 unspecified atom stereocenters. The highest BCUT2D eigenvalue weighted by Crippen LogP contribution is 2.25. The van der Waals surface area contributed by atoms with Gasteiger partial charge in [0.15, 0.2) is 0 Å². The number of hydrogen-bond acceptors (Lipinski definition) is 2. The highest BCUT2D eigenvalue weighted by molar-refractivity contribution is 6.00. The van der Waals surface area contributed by atoms with Crippen LogP contribution in [-0.2, 0) is 6.54 Å². The molecule has 0 aliphatic rings. The molecule has 2 aromatic carbocycles. The lowest BCUT2D eigenvalue weighted by Crippen LogP contribution is -2.18. The third-order valence-corrected chi connectivity index (χ3v) is 3.52. The maximum Gasteiger partial charge on any atom is 0.276 e. The molecule has 22 heavy (non-hydrogen) atoms. The van der Waals surface area contributed by atoms with Crippen LogP contribution in [0.3, 0.4) is 0 Å². The smallest absolute Gasteiger partial charge is 0.276 e. The normalized spacial score (nSPS) is 10.4. The number of amides is 1. The lowest BCUT2D eigenvalue weighted by Gasteiger charge is -2.02. The molecule has 2 N–H and O–H groups in total. The highest BCUT2D eigenvalue weighted by Gasteiger charge is 2.15. The first-order chi connectivity index (χ1) is 10.8. The molecule has 0 spiro atoms. The predicted molar refractivity (Wildman–Crippen MR) is 84.7 cm³/mol. The number of carbonyl (C=O) groups excluding carboxylic acids is 1. The molecule has 0 radical (unpaired) electrons. The Morgan fingerprint density at radius 1 is 0.955 bits per heavy atom. The number of nitrogens with zero attached hydrogens (tertiary/aromatic N) is 1. The van der Waals surface area contributed by atoms with Gasteiger partial charge in [0.05, 0.1) is 5.56 Å². The van der Waals surface area contributed by atoms with Crippen molar-refractivity contribution < 1.29 is 10.0 Å². The van der Waals surface area contributed by atoms with E-state index in [9.17, 15) is 4.79 Å². The van der Waals surface area contributed by atoms with Crippen molar-refractivity contribution in [1.29, 1.82) is 0 Å². The average molecular weight is 292 g/mol. The van der Waals surface area contributed by atoms with Gasteiger partial charge in [-0.15, -0.1) is 0 Å². The minimum absolute atomic E-state index is 0.449. The number of carbonyl (C=O) groups is 1. The van der Waals surface area contributed by atoms with E-state index in [1.54, 1.807) is 11.7 Å². The largest absolute Gasteiger partial charge is 0.348 e. The molecule has 4 nitrogen and oxygen atoms in total. The Morgan fingerprint density at radius 2 is 1.59 bits per heavy atom. The van der Waals surface area contributed by atoms with E-state index in [-0.39, 0.29) is 0 Å². The van der Waals surface area contributed by atoms with Crippen LogP contribution >= 0.6 is 0 Å². The second-order valence-corrected chi connectivity index (χ2v) is 5.05. The second-order valence-electron chi connectivity index (χ2n) is 5.05. The summed E-state index contributed by atoms with van der Waals surface area (Å²) in [6.45, 7) is 0.666. The van der Waals surface area contributed by atoms with Gasteiger partial charge in [0.25, 0.3) is 5.91 Å². The maximum atomic E-state index is 11.9. The van der Waals surface area contributed by atoms with Crippen molar-refractivity contribution >= 4 is 5.91 Å². The van der Waals surface area contributed by atoms with Crippen LogP contribution in [0.2, 0.25) is 0 Å². The standard InChI is InChI=1S/C18H16N2O2/c21-18(19-22)17-13-20(11-14-7-3-1-4-8-14)12-16(17)15-9-5-2-6-10-15/h1-10,12-13,22H,11H2,(H,19,21). The zero-order valence-electron chi connectivity index (χ0n) is 11.9. The SMILES string of the molecule is O=C(NO)c1cn(Cc2ccccc2)cc1-c1ccccc1. The summed E-state index contributed by atoms with van der Waals surface area (Å²) >= 11 is 0. The van der Waals surface area contributed by atoms with Gasteiger partial charge in [-0.05, 0) is 11.1 Å². The van der Waals surface area contributed by atoms with Gasteiger partial charge in [-0.25, -0.2) is 5.48 Å². The Hall–Kier alpha value is -2.85. The van der Waals surface area contributed by atoms with Gasteiger partial charge >= 0.3 is 0 Å². The number of nitrogens with one attached hydrogen (secondary N) is 1. The van der Waals surface area contributed by atoms with Crippen molar-refractivity contribution in [3.63, 3.8) is 0 Å². The number of aromatic nitrogens is 1. The first-order valence-corrected chi connectivity index (χ1v) is 7.01. The Balaban J connectivity index is 2.00. The zero-order chi connectivity index (χ0) is 15.4. The number of benzene rings is 2. The van der Waals surface area contributed by atoms with Crippen LogP contribution < -0.4 is 5.48 Å². The monoisotopic (exact) mass is 292 g/mol. The maximum absolute atomic E-state index is 11.9. The third-order valence-electron chi connectivity index (χ3n) is 3.52. The topological polar surface area (TPSA) is 54.3 Å². The summed E-state index contributed by atoms with van der Waals surface area (Å²) in [6.07, 6.45) is 3.67. The van der Waals surface area contributed by atoms with Crippen LogP contribution in [0.4, 0.5) is 0 Å². The molecule has 0 bridgehead atoms. The molecule has 0 aliphatic heterocycles. The zero-order valence-corrected chi connectivity index (χ0v) is 11.9. The van der Waals surface area contributed by atoms with Crippen LogP contribution in [0.25, 0.3) is 11.1 Å². The fourth-order valence-electron chi connectivity index (χ4n) is 2.48. The molecular weight excluding hydrogens is 276 g/mol. The predicted octanol–water partition coefficient (Wildman–Crippen LogP) is 3.32. The Labute approximate surface area is 128 Å². The van der Waals surface area contributed by atoms with E-state index < -0.39 is 5.91 Å². The van der Waals surface area contributed by atoms with Crippen molar-refractivity contribution in [1.82, 2.24) is 10.0 Å². The molecule has 0 saturated carbocycles. The van der Waals surface area contributed by atoms with Gasteiger partial charge in [-0.2, -0.15) is 0 Å². The summed E-state index contributed by atoms with van der Waals surface area (Å²) in [4.78, 5) is 11.9. The summed E-state index contributed by atoms with van der Waals surface area (Å²) in [7, 11) is 0. The minimum Gasteiger partial charge on any atom is -0.348 e. The van der Waals surface area contributed by atoms with Crippen molar-refractivity contribution in [3.05, 3.63) is 84.2 Å². The first kappa shape index (κ1) is 14.1. The molecule has 4 heteroatoms. The molecule has 1 heterocycles. The lowest BCUT2D eigenvalue weighted by molar-refractivity contribution is 0.0707. The summed E-state index contributed by atoms with van der Waals surface area (Å²) in [5, 5.41) is 8.95. The summed E-state index contributed by atoms with van der Waals surface area (Å²) < 4.78 is 1.95. The van der Waals surface area contributed by atoms with Crippen LogP contribution in [0.15, 0.2) is 73.1 Å². The van der Waals surface area contributed by atoms with Gasteiger partial charge in [-0.1, -0.05) is 60.7 Å². The second kappa shape index (κ2) is 6.28. The Morgan fingerprint density at radius 3 is 2.23 bits per heavy atom. The molecule has 0 fully saturated rings. The minimum atomic E-state index is -0.509. The van der Waals surface area contributed by atoms with Gasteiger partial charge in [-0.3, -0.25) is 10.0 Å². The van der Waals surface area contributed by atoms with E-state index in [1.165, 1.54) is 0 Å². The molecule has 1 aromatic heterocycles. The first-order valence-electron chi connectivity index (χ1n) is 7.01. The van der Waals surface area contributed by atoms with Crippen LogP contribution in [0, 0.1) is 0 Å². The lowest BCUT2D eigenvalue weighted by atomic mass is 10.0. The summed E-state index contributed by atoms with van der Waals surface area (Å²) in [5.41, 5.74) is 5.04. The fourth-order valence-corrected chi connectivity index (χ4v) is 2.48. The van der Waals surface area contributed by atoms with Gasteiger partial charge < -0.3 is 4.57 Å². The molecular formula is C18H16N2O2. The molecule has 0 aliphatic carbocycles. The van der Waals surface area contributed by atoms with Gasteiger partial charge in [0, 0.05) is 24.5 Å². The quantitative estimate of drug-likeness (QED) is 0.572. The molecule has 0 atom stereocenters. The third kappa shape index (κ3) is 2.92. The Kier molecular flexibility index (Phi) is 4.03. The van der Waals surface area contributed by atoms with E-state index in [2.05, 4.69) is 0 Å². The van der Waals surface area contributed by atoms with E-state index in [0.717, 1.165) is 16.7 Å². The highest BCUT2D eigenvalue weighted by atomic mass is 16.5. The summed E-state index contributed by atoms with van der Waals surface area (Å²) in [5.74, 6) is -0.509. The molecule has 0 saturated heterocycles. The molecule has 3 aromatic rings. The Bertz CT molecular complexity index is 764. The number of hydrogen-bond donors (Lipinski definition) is 2. The summed E-state index contributed by atoms with van der Waals surface area (Å²) in [6, 6.07) is 19.7. The van der Waals surface area contributed by atoms with Crippen molar-refractivity contribution in [2.24, 2.45) is 0 Å². The van der Waals surface area contributed by atoms with Crippen LogP contribution in [0.5, 0.6) is 0 Å². The average Bonchev–Trinajstić information content (AvgIpc) is 3.00. The number of rotatable bonds is 4. The van der Waals surface area contributed by atoms with Gasteiger partial charge in [0.2, 0.25) is 0 Å². The van der Waals surface area contributed by atoms with Crippen molar-refractivity contribution in [3.8, 4) is 11.1 Å². The van der Waals surface area contributed by atoms with Gasteiger partial charge in [0.1, 0.15) is 0 Å². The van der Waals surface area contributed by atoms with E-state index in [4.69, 9.17) is 5.21 Å². The van der Waals surface area contributed by atoms with Crippen molar-refractivity contribution in [2.45, 2.75) is 6.54 Å². The molecule has 110 valence electrons. The van der Waals surface area contributed by atoms with E-state index in [0.29, 0.717) is 12.1 Å². The van der Waals surface area contributed by atoms with Crippen LogP contribution in [0.1, 0.15) is 15.9 Å². The van der Waals surface area contributed by atoms with E-state index in [1.807, 2.05) is 71.4 Å². The molecule has 3 rings (SSSR count). The fraction of sp³-hybridized carbons (Fsp3) is 0.0556. The van der Waals surface area contributed by atoms with E-state index >= 15 is 0 Å². The molecule has 1 amide bonds. The van der Waals surface area contributed by atoms with Crippen LogP contribution in [-0.4, -0.2) is 15.7 Å². The number of hydroxylamine groups is 1. The van der Waals surface area contributed by atoms with Crippen molar-refractivity contribution in [2.75, 3.05) is 0 Å².